The zero-order valence-electron chi connectivity index (χ0n) is 7.01. The lowest BCUT2D eigenvalue weighted by Gasteiger charge is -1.93. The molecule has 7 nitrogen and oxygen atoms in total. The average Bonchev–Trinajstić information content (AvgIpc) is 2.29. The molecule has 0 fully saturated rings. The van der Waals surface area contributed by atoms with Gasteiger partial charge in [0, 0.05) is 0 Å². The number of hydrogen-bond donors (Lipinski definition) is 1. The molecule has 0 aliphatic rings. The number of nitro groups is 1. The van der Waals surface area contributed by atoms with Gasteiger partial charge in [-0.15, -0.1) is 0 Å². The van der Waals surface area contributed by atoms with Gasteiger partial charge in [-0.3, -0.25) is 0 Å². The van der Waals surface area contributed by atoms with Crippen LogP contribution in [-0.4, -0.2) is 25.6 Å². The third kappa shape index (κ3) is 1.35. The molecule has 0 aromatic carbocycles. The molecule has 0 aliphatic carbocycles. The van der Waals surface area contributed by atoms with Gasteiger partial charge in [-0.25, -0.2) is 9.36 Å². The minimum absolute atomic E-state index is 0.263. The summed E-state index contributed by atoms with van der Waals surface area (Å²) in [5.41, 5.74) is -0.0200. The molecule has 1 heterocycles. The fourth-order valence-electron chi connectivity index (χ4n) is 0.931. The molecule has 0 unspecified atom stereocenters. The third-order valence-corrected chi connectivity index (χ3v) is 1.72. The number of carbonyl (C=O) groups is 1. The van der Waals surface area contributed by atoms with Gasteiger partial charge in [0.1, 0.15) is 5.69 Å². The van der Waals surface area contributed by atoms with Crippen molar-refractivity contribution >= 4 is 11.9 Å². The highest BCUT2D eigenvalue weighted by atomic mass is 16.6. The smallest absolute Gasteiger partial charge is 0.435 e. The Balaban J connectivity index is 3.36. The summed E-state index contributed by atoms with van der Waals surface area (Å²) in [5, 5.41) is 18.9. The molecule has 0 saturated heterocycles. The topological polar surface area (TPSA) is 98.3 Å². The highest BCUT2D eigenvalue weighted by molar-refractivity contribution is 5.87. The van der Waals surface area contributed by atoms with Gasteiger partial charge < -0.3 is 15.2 Å². The molecule has 1 aromatic heterocycles. The van der Waals surface area contributed by atoms with Crippen molar-refractivity contribution in [1.29, 1.82) is 0 Å². The van der Waals surface area contributed by atoms with Gasteiger partial charge in [0.25, 0.3) is 5.69 Å². The summed E-state index contributed by atoms with van der Waals surface area (Å²) in [7, 11) is 1.40. The van der Waals surface area contributed by atoms with Crippen LogP contribution in [0.15, 0.2) is 0 Å². The number of carboxylic acids is 1. The Morgan fingerprint density at radius 2 is 2.23 bits per heavy atom. The van der Waals surface area contributed by atoms with Gasteiger partial charge in [0.15, 0.2) is 0 Å². The van der Waals surface area contributed by atoms with Crippen LogP contribution in [0, 0.1) is 17.0 Å². The Bertz CT molecular complexity index is 347. The van der Waals surface area contributed by atoms with Gasteiger partial charge in [0.2, 0.25) is 0 Å². The Hall–Kier alpha value is -1.92. The summed E-state index contributed by atoms with van der Waals surface area (Å²) >= 11 is 0. The third-order valence-electron chi connectivity index (χ3n) is 1.72. The lowest BCUT2D eigenvalue weighted by atomic mass is 10.3. The number of aromatic nitrogens is 2. The van der Waals surface area contributed by atoms with Crippen LogP contribution < -0.4 is 0 Å². The van der Waals surface area contributed by atoms with E-state index < -0.39 is 16.8 Å². The number of rotatable bonds is 2. The summed E-state index contributed by atoms with van der Waals surface area (Å²) in [6.45, 7) is 1.46. The molecule has 1 rings (SSSR count). The number of carboxylic acid groups (broad SMARTS) is 1. The summed E-state index contributed by atoms with van der Waals surface area (Å²) in [5.74, 6) is -1.73. The van der Waals surface area contributed by atoms with Crippen LogP contribution in [0.1, 0.15) is 16.2 Å². The summed E-state index contributed by atoms with van der Waals surface area (Å²) in [4.78, 5) is 23.5. The maximum atomic E-state index is 10.5. The van der Waals surface area contributed by atoms with Crippen molar-refractivity contribution in [3.63, 3.8) is 0 Å². The second-order valence-electron chi connectivity index (χ2n) is 2.47. The normalized spacial score (nSPS) is 10.0. The van der Waals surface area contributed by atoms with Crippen molar-refractivity contribution in [3.8, 4) is 0 Å². The highest BCUT2D eigenvalue weighted by Crippen LogP contribution is 2.14. The molecule has 0 aliphatic heterocycles. The van der Waals surface area contributed by atoms with E-state index in [1.165, 1.54) is 14.0 Å². The molecular formula is C6H7N3O4. The highest BCUT2D eigenvalue weighted by Gasteiger charge is 2.26. The molecule has 0 spiro atoms. The second kappa shape index (κ2) is 2.85. The van der Waals surface area contributed by atoms with E-state index in [-0.39, 0.29) is 11.4 Å². The molecule has 70 valence electrons. The first-order chi connectivity index (χ1) is 5.95. The molecule has 0 radical (unpaired) electrons. The maximum Gasteiger partial charge on any atom is 0.435 e. The van der Waals surface area contributed by atoms with Crippen LogP contribution in [0.25, 0.3) is 0 Å². The minimum atomic E-state index is -1.26. The Kier molecular flexibility index (Phi) is 2.01. The number of nitrogens with zero attached hydrogens (tertiary/aromatic N) is 3. The number of hydrogen-bond acceptors (Lipinski definition) is 4. The molecule has 1 N–H and O–H groups in total. The largest absolute Gasteiger partial charge is 0.475 e. The second-order valence-corrected chi connectivity index (χ2v) is 2.47. The van der Waals surface area contributed by atoms with Crippen LogP contribution >= 0.6 is 0 Å². The van der Waals surface area contributed by atoms with Gasteiger partial charge in [0.05, 0.1) is 7.05 Å². The van der Waals surface area contributed by atoms with Crippen LogP contribution in [0.2, 0.25) is 0 Å². The molecule has 0 amide bonds. The van der Waals surface area contributed by atoms with Gasteiger partial charge >= 0.3 is 11.9 Å². The van der Waals surface area contributed by atoms with Crippen LogP contribution in [-0.2, 0) is 7.05 Å². The standard InChI is InChI=1S/C6H7N3O4/c1-3-4(5(10)11)7-6(8(3)2)9(12)13/h1-2H3,(H,10,11). The van der Waals surface area contributed by atoms with E-state index in [4.69, 9.17) is 5.11 Å². The fraction of sp³-hybridized carbons (Fsp3) is 0.333. The van der Waals surface area contributed by atoms with E-state index >= 15 is 0 Å². The van der Waals surface area contributed by atoms with Crippen LogP contribution in [0.3, 0.4) is 0 Å². The summed E-state index contributed by atoms with van der Waals surface area (Å²) in [6.07, 6.45) is 0. The quantitative estimate of drug-likeness (QED) is 0.528. The van der Waals surface area contributed by atoms with Crippen molar-refractivity contribution in [2.24, 2.45) is 7.05 Å². The maximum absolute atomic E-state index is 10.5. The van der Waals surface area contributed by atoms with Crippen molar-refractivity contribution in [2.45, 2.75) is 6.92 Å². The first-order valence-corrected chi connectivity index (χ1v) is 3.36. The number of imidazole rings is 1. The molecular weight excluding hydrogens is 178 g/mol. The zero-order chi connectivity index (χ0) is 10.2. The van der Waals surface area contributed by atoms with E-state index in [1.807, 2.05) is 0 Å². The molecule has 0 atom stereocenters. The predicted molar refractivity (Wildman–Crippen MR) is 41.6 cm³/mol. The van der Waals surface area contributed by atoms with Crippen LogP contribution in [0.5, 0.6) is 0 Å². The minimum Gasteiger partial charge on any atom is -0.475 e. The van der Waals surface area contributed by atoms with Crippen molar-refractivity contribution in [3.05, 3.63) is 21.5 Å². The SMILES string of the molecule is Cc1c(C(=O)O)nc([N+](=O)[O-])n1C. The van der Waals surface area contributed by atoms with Crippen molar-refractivity contribution in [2.75, 3.05) is 0 Å². The average molecular weight is 185 g/mol. The lowest BCUT2D eigenvalue weighted by molar-refractivity contribution is -0.396. The Labute approximate surface area is 72.8 Å². The van der Waals surface area contributed by atoms with Crippen LogP contribution in [0.4, 0.5) is 5.95 Å². The number of aromatic carboxylic acids is 1. The summed E-state index contributed by atoms with van der Waals surface area (Å²) < 4.78 is 1.13. The fourth-order valence-corrected chi connectivity index (χ4v) is 0.931. The van der Waals surface area contributed by atoms with Crippen molar-refractivity contribution < 1.29 is 14.8 Å². The predicted octanol–water partition coefficient (Wildman–Crippen LogP) is 0.335. The molecule has 1 aromatic rings. The Morgan fingerprint density at radius 3 is 2.46 bits per heavy atom. The molecule has 7 heteroatoms. The molecule has 13 heavy (non-hydrogen) atoms. The molecule has 0 bridgehead atoms. The monoisotopic (exact) mass is 185 g/mol. The Morgan fingerprint density at radius 1 is 1.69 bits per heavy atom. The van der Waals surface area contributed by atoms with E-state index in [9.17, 15) is 14.9 Å². The zero-order valence-corrected chi connectivity index (χ0v) is 7.01. The van der Waals surface area contributed by atoms with Crippen molar-refractivity contribution in [1.82, 2.24) is 9.55 Å². The lowest BCUT2D eigenvalue weighted by Crippen LogP contribution is -2.00. The summed E-state index contributed by atoms with van der Waals surface area (Å²) in [6, 6.07) is 0. The van der Waals surface area contributed by atoms with E-state index in [2.05, 4.69) is 4.98 Å². The molecule has 0 saturated carbocycles. The van der Waals surface area contributed by atoms with Gasteiger partial charge in [-0.05, 0) is 11.8 Å². The van der Waals surface area contributed by atoms with E-state index in [1.54, 1.807) is 0 Å². The first-order valence-electron chi connectivity index (χ1n) is 3.36. The first kappa shape index (κ1) is 9.17. The van der Waals surface area contributed by atoms with Gasteiger partial charge in [-0.1, -0.05) is 4.98 Å². The van der Waals surface area contributed by atoms with E-state index in [0.717, 1.165) is 4.57 Å². The van der Waals surface area contributed by atoms with Gasteiger partial charge in [-0.2, -0.15) is 0 Å². The van der Waals surface area contributed by atoms with E-state index in [0.29, 0.717) is 0 Å².